The molecule has 0 atom stereocenters. The Balaban J connectivity index is 1.41. The highest BCUT2D eigenvalue weighted by Crippen LogP contribution is 2.32. The predicted molar refractivity (Wildman–Crippen MR) is 120 cm³/mol. The molecule has 31 heavy (non-hydrogen) atoms. The van der Waals surface area contributed by atoms with Gasteiger partial charge in [0.25, 0.3) is 0 Å². The Labute approximate surface area is 181 Å². The first-order valence-electron chi connectivity index (χ1n) is 10.3. The summed E-state index contributed by atoms with van der Waals surface area (Å²) >= 11 is 0. The van der Waals surface area contributed by atoms with Crippen LogP contribution in [0.1, 0.15) is 29.9 Å². The lowest BCUT2D eigenvalue weighted by Gasteiger charge is -2.31. The molecule has 2 heterocycles. The number of para-hydroxylation sites is 1. The van der Waals surface area contributed by atoms with E-state index in [1.54, 1.807) is 23.1 Å². The number of pyridine rings is 1. The van der Waals surface area contributed by atoms with E-state index in [2.05, 4.69) is 15.2 Å². The molecule has 1 saturated heterocycles. The molecule has 158 valence electrons. The molecule has 7 heteroatoms. The molecule has 3 aromatic rings. The van der Waals surface area contributed by atoms with E-state index in [1.807, 2.05) is 55.7 Å². The standard InChI is InChI=1S/C24H25N5O2/c1-17-6-7-21(20(25)16-17)27-28-22-4-2-3-5-23(22)31-24(30)29-14-10-19(11-15-29)18-8-12-26-13-9-18/h2-9,12-13,16,19H,10-11,14-15,25H2,1H3/b28-27+. The van der Waals surface area contributed by atoms with E-state index < -0.39 is 0 Å². The molecule has 0 unspecified atom stereocenters. The number of likely N-dealkylation sites (tertiary alicyclic amines) is 1. The number of benzene rings is 2. The van der Waals surface area contributed by atoms with Crippen molar-refractivity contribution in [1.29, 1.82) is 0 Å². The van der Waals surface area contributed by atoms with Crippen molar-refractivity contribution in [2.24, 2.45) is 10.2 Å². The van der Waals surface area contributed by atoms with E-state index in [1.165, 1.54) is 5.56 Å². The molecule has 0 aliphatic carbocycles. The summed E-state index contributed by atoms with van der Waals surface area (Å²) < 4.78 is 5.66. The van der Waals surface area contributed by atoms with Crippen LogP contribution in [0, 0.1) is 6.92 Å². The fourth-order valence-electron chi connectivity index (χ4n) is 3.69. The molecule has 0 spiro atoms. The van der Waals surface area contributed by atoms with E-state index in [9.17, 15) is 4.79 Å². The summed E-state index contributed by atoms with van der Waals surface area (Å²) in [5.74, 6) is 0.811. The van der Waals surface area contributed by atoms with E-state index in [-0.39, 0.29) is 6.09 Å². The second-order valence-corrected chi connectivity index (χ2v) is 7.64. The second kappa shape index (κ2) is 9.38. The zero-order valence-corrected chi connectivity index (χ0v) is 17.4. The number of amides is 1. The van der Waals surface area contributed by atoms with Gasteiger partial charge in [-0.2, -0.15) is 0 Å². The van der Waals surface area contributed by atoms with Gasteiger partial charge in [0.1, 0.15) is 11.4 Å². The van der Waals surface area contributed by atoms with Crippen LogP contribution in [0.4, 0.5) is 21.9 Å². The van der Waals surface area contributed by atoms with Crippen LogP contribution >= 0.6 is 0 Å². The molecule has 0 saturated carbocycles. The number of aromatic nitrogens is 1. The summed E-state index contributed by atoms with van der Waals surface area (Å²) in [6, 6.07) is 16.8. The minimum absolute atomic E-state index is 0.370. The van der Waals surface area contributed by atoms with Gasteiger partial charge in [-0.25, -0.2) is 4.79 Å². The summed E-state index contributed by atoms with van der Waals surface area (Å²) in [6.45, 7) is 3.26. The van der Waals surface area contributed by atoms with Gasteiger partial charge in [0, 0.05) is 25.5 Å². The minimum Gasteiger partial charge on any atom is -0.408 e. The maximum atomic E-state index is 12.7. The van der Waals surface area contributed by atoms with Crippen LogP contribution in [0.25, 0.3) is 0 Å². The number of ether oxygens (including phenoxy) is 1. The van der Waals surface area contributed by atoms with E-state index in [0.29, 0.717) is 41.8 Å². The number of anilines is 1. The summed E-state index contributed by atoms with van der Waals surface area (Å²) in [5.41, 5.74) is 9.93. The van der Waals surface area contributed by atoms with Crippen LogP contribution in [-0.4, -0.2) is 29.1 Å². The number of rotatable bonds is 4. The van der Waals surface area contributed by atoms with Crippen molar-refractivity contribution < 1.29 is 9.53 Å². The molecule has 4 rings (SSSR count). The molecule has 0 radical (unpaired) electrons. The van der Waals surface area contributed by atoms with E-state index in [4.69, 9.17) is 10.5 Å². The molecule has 1 aliphatic rings. The Morgan fingerprint density at radius 2 is 1.74 bits per heavy atom. The highest BCUT2D eigenvalue weighted by molar-refractivity contribution is 5.73. The lowest BCUT2D eigenvalue weighted by molar-refractivity contribution is 0.139. The number of hydrogen-bond donors (Lipinski definition) is 1. The Hall–Kier alpha value is -3.74. The number of nitrogens with zero attached hydrogens (tertiary/aromatic N) is 4. The first-order chi connectivity index (χ1) is 15.1. The summed E-state index contributed by atoms with van der Waals surface area (Å²) in [4.78, 5) is 18.5. The Bertz CT molecular complexity index is 1080. The van der Waals surface area contributed by atoms with E-state index >= 15 is 0 Å². The van der Waals surface area contributed by atoms with Gasteiger partial charge >= 0.3 is 6.09 Å². The van der Waals surface area contributed by atoms with Crippen LogP contribution in [0.3, 0.4) is 0 Å². The molecule has 1 amide bonds. The largest absolute Gasteiger partial charge is 0.415 e. The first kappa shape index (κ1) is 20.5. The molecule has 0 bridgehead atoms. The lowest BCUT2D eigenvalue weighted by atomic mass is 9.90. The zero-order chi connectivity index (χ0) is 21.6. The van der Waals surface area contributed by atoms with Crippen molar-refractivity contribution in [1.82, 2.24) is 9.88 Å². The van der Waals surface area contributed by atoms with Crippen LogP contribution in [0.2, 0.25) is 0 Å². The highest BCUT2D eigenvalue weighted by Gasteiger charge is 2.25. The molecule has 2 N–H and O–H groups in total. The number of aryl methyl sites for hydroxylation is 1. The van der Waals surface area contributed by atoms with Gasteiger partial charge < -0.3 is 15.4 Å². The van der Waals surface area contributed by atoms with Gasteiger partial charge in [-0.3, -0.25) is 4.98 Å². The molecular weight excluding hydrogens is 390 g/mol. The van der Waals surface area contributed by atoms with Crippen LogP contribution in [0.5, 0.6) is 5.75 Å². The number of nitrogen functional groups attached to an aromatic ring is 1. The van der Waals surface area contributed by atoms with Gasteiger partial charge in [-0.1, -0.05) is 18.2 Å². The summed E-state index contributed by atoms with van der Waals surface area (Å²) in [7, 11) is 0. The third-order valence-electron chi connectivity index (χ3n) is 5.44. The number of hydrogen-bond acceptors (Lipinski definition) is 6. The van der Waals surface area contributed by atoms with Crippen LogP contribution < -0.4 is 10.5 Å². The fraction of sp³-hybridized carbons (Fsp3) is 0.250. The number of azo groups is 1. The quantitative estimate of drug-likeness (QED) is 0.433. The second-order valence-electron chi connectivity index (χ2n) is 7.64. The summed E-state index contributed by atoms with van der Waals surface area (Å²) in [5, 5.41) is 8.49. The van der Waals surface area contributed by atoms with Gasteiger partial charge in [0.15, 0.2) is 5.75 Å². The number of carbonyl (C=O) groups excluding carboxylic acids is 1. The van der Waals surface area contributed by atoms with Crippen molar-refractivity contribution in [2.75, 3.05) is 18.8 Å². The molecule has 1 fully saturated rings. The average Bonchev–Trinajstić information content (AvgIpc) is 2.80. The maximum absolute atomic E-state index is 12.7. The Morgan fingerprint density at radius 3 is 2.48 bits per heavy atom. The van der Waals surface area contributed by atoms with Gasteiger partial charge in [-0.05, 0) is 73.2 Å². The Morgan fingerprint density at radius 1 is 1.03 bits per heavy atom. The smallest absolute Gasteiger partial charge is 0.408 e. The SMILES string of the molecule is Cc1ccc(/N=N/c2ccccc2OC(=O)N2CCC(c3ccncc3)CC2)c(N)c1. The van der Waals surface area contributed by atoms with Crippen molar-refractivity contribution in [2.45, 2.75) is 25.7 Å². The summed E-state index contributed by atoms with van der Waals surface area (Å²) in [6.07, 6.45) is 5.04. The molecular formula is C24H25N5O2. The molecule has 2 aromatic carbocycles. The van der Waals surface area contributed by atoms with Gasteiger partial charge in [0.05, 0.1) is 5.69 Å². The average molecular weight is 415 g/mol. The Kier molecular flexibility index (Phi) is 6.21. The third-order valence-corrected chi connectivity index (χ3v) is 5.44. The van der Waals surface area contributed by atoms with Crippen LogP contribution in [-0.2, 0) is 0 Å². The number of piperidine rings is 1. The highest BCUT2D eigenvalue weighted by atomic mass is 16.6. The van der Waals surface area contributed by atoms with Crippen LogP contribution in [0.15, 0.2) is 77.2 Å². The van der Waals surface area contributed by atoms with Crippen molar-refractivity contribution in [3.8, 4) is 5.75 Å². The minimum atomic E-state index is -0.370. The third kappa shape index (κ3) is 5.06. The number of nitrogens with two attached hydrogens (primary N) is 1. The molecule has 1 aromatic heterocycles. The van der Waals surface area contributed by atoms with Crippen molar-refractivity contribution in [3.05, 3.63) is 78.1 Å². The first-order valence-corrected chi connectivity index (χ1v) is 10.3. The molecule has 7 nitrogen and oxygen atoms in total. The van der Waals surface area contributed by atoms with E-state index in [0.717, 1.165) is 18.4 Å². The predicted octanol–water partition coefficient (Wildman–Crippen LogP) is 5.77. The normalized spacial score (nSPS) is 14.7. The van der Waals surface area contributed by atoms with Crippen molar-refractivity contribution in [3.63, 3.8) is 0 Å². The lowest BCUT2D eigenvalue weighted by Crippen LogP contribution is -2.39. The van der Waals surface area contributed by atoms with Crippen molar-refractivity contribution >= 4 is 23.2 Å². The monoisotopic (exact) mass is 415 g/mol. The maximum Gasteiger partial charge on any atom is 0.415 e. The molecule has 1 aliphatic heterocycles. The van der Waals surface area contributed by atoms with Gasteiger partial charge in [0.2, 0.25) is 0 Å². The fourth-order valence-corrected chi connectivity index (χ4v) is 3.69. The van der Waals surface area contributed by atoms with Gasteiger partial charge in [-0.15, -0.1) is 10.2 Å². The zero-order valence-electron chi connectivity index (χ0n) is 17.4. The topological polar surface area (TPSA) is 93.2 Å². The number of carbonyl (C=O) groups is 1.